The van der Waals surface area contributed by atoms with Gasteiger partial charge in [0.15, 0.2) is 11.6 Å². The van der Waals surface area contributed by atoms with Gasteiger partial charge in [0.25, 0.3) is 0 Å². The van der Waals surface area contributed by atoms with Crippen LogP contribution in [-0.2, 0) is 9.53 Å². The maximum Gasteiger partial charge on any atom is 0.241 e. The monoisotopic (exact) mass is 276 g/mol. The molecule has 1 atom stereocenters. The van der Waals surface area contributed by atoms with E-state index in [0.29, 0.717) is 31.6 Å². The first-order valence-electron chi connectivity index (χ1n) is 5.65. The van der Waals surface area contributed by atoms with Crippen LogP contribution in [-0.4, -0.2) is 25.7 Å². The van der Waals surface area contributed by atoms with Crippen molar-refractivity contribution >= 4 is 11.6 Å². The lowest BCUT2D eigenvalue weighted by molar-refractivity contribution is -0.117. The van der Waals surface area contributed by atoms with Gasteiger partial charge in [-0.25, -0.2) is 13.2 Å². The standard InChI is InChI=1S/C12H15F3N2O2/c1-19-4-2-3-9(16)12(18)17-10-6-7(13)5-8(14)11(10)15/h5-6,9H,2-4,16H2,1H3,(H,17,18). The molecule has 0 saturated heterocycles. The van der Waals surface area contributed by atoms with E-state index in [2.05, 4.69) is 5.32 Å². The maximum absolute atomic E-state index is 13.3. The predicted octanol–water partition coefficient (Wildman–Crippen LogP) is 1.80. The first kappa shape index (κ1) is 15.5. The van der Waals surface area contributed by atoms with Gasteiger partial charge in [-0.3, -0.25) is 4.79 Å². The van der Waals surface area contributed by atoms with Crippen LogP contribution in [0.2, 0.25) is 0 Å². The highest BCUT2D eigenvalue weighted by atomic mass is 19.2. The highest BCUT2D eigenvalue weighted by molar-refractivity contribution is 5.94. The number of methoxy groups -OCH3 is 1. The van der Waals surface area contributed by atoms with Gasteiger partial charge in [0.2, 0.25) is 5.91 Å². The van der Waals surface area contributed by atoms with Crippen LogP contribution < -0.4 is 11.1 Å². The lowest BCUT2D eigenvalue weighted by Crippen LogP contribution is -2.36. The molecule has 0 radical (unpaired) electrons. The van der Waals surface area contributed by atoms with Crippen molar-refractivity contribution < 1.29 is 22.7 Å². The van der Waals surface area contributed by atoms with Crippen molar-refractivity contribution in [3.63, 3.8) is 0 Å². The van der Waals surface area contributed by atoms with Gasteiger partial charge in [0.1, 0.15) is 5.82 Å². The molecule has 0 aliphatic rings. The molecule has 0 aromatic heterocycles. The summed E-state index contributed by atoms with van der Waals surface area (Å²) < 4.78 is 43.9. The molecule has 4 nitrogen and oxygen atoms in total. The van der Waals surface area contributed by atoms with E-state index in [0.717, 1.165) is 0 Å². The van der Waals surface area contributed by atoms with Gasteiger partial charge in [-0.2, -0.15) is 0 Å². The number of anilines is 1. The van der Waals surface area contributed by atoms with Crippen LogP contribution in [0.15, 0.2) is 12.1 Å². The molecular weight excluding hydrogens is 261 g/mol. The topological polar surface area (TPSA) is 64.3 Å². The molecule has 0 aliphatic heterocycles. The predicted molar refractivity (Wildman–Crippen MR) is 64.0 cm³/mol. The van der Waals surface area contributed by atoms with E-state index in [-0.39, 0.29) is 0 Å². The van der Waals surface area contributed by atoms with Crippen LogP contribution >= 0.6 is 0 Å². The molecule has 1 aromatic carbocycles. The first-order chi connectivity index (χ1) is 8.95. The van der Waals surface area contributed by atoms with Gasteiger partial charge in [-0.15, -0.1) is 0 Å². The highest BCUT2D eigenvalue weighted by Gasteiger charge is 2.17. The quantitative estimate of drug-likeness (QED) is 0.615. The molecule has 7 heteroatoms. The second-order valence-corrected chi connectivity index (χ2v) is 3.98. The third-order valence-electron chi connectivity index (χ3n) is 2.45. The largest absolute Gasteiger partial charge is 0.385 e. The average molecular weight is 276 g/mol. The van der Waals surface area contributed by atoms with Gasteiger partial charge in [0, 0.05) is 25.8 Å². The number of nitrogens with one attached hydrogen (secondary N) is 1. The Hall–Kier alpha value is -1.60. The van der Waals surface area contributed by atoms with E-state index < -0.39 is 35.1 Å². The van der Waals surface area contributed by atoms with E-state index in [4.69, 9.17) is 10.5 Å². The molecule has 1 amide bonds. The molecule has 0 saturated carbocycles. The Morgan fingerprint density at radius 1 is 1.42 bits per heavy atom. The number of rotatable bonds is 6. The molecule has 0 spiro atoms. The number of ether oxygens (including phenoxy) is 1. The van der Waals surface area contributed by atoms with Crippen molar-refractivity contribution in [2.75, 3.05) is 19.0 Å². The molecule has 0 fully saturated rings. The Balaban J connectivity index is 2.66. The summed E-state index contributed by atoms with van der Waals surface area (Å²) in [5.74, 6) is -4.38. The molecule has 0 bridgehead atoms. The summed E-state index contributed by atoms with van der Waals surface area (Å²) in [6, 6.07) is 0.183. The average Bonchev–Trinajstić information content (AvgIpc) is 2.35. The number of carbonyl (C=O) groups excluding carboxylic acids is 1. The Labute approximate surface area is 108 Å². The normalized spacial score (nSPS) is 12.3. The maximum atomic E-state index is 13.3. The molecule has 1 aromatic rings. The van der Waals surface area contributed by atoms with E-state index in [1.165, 1.54) is 7.11 Å². The number of hydrogen-bond donors (Lipinski definition) is 2. The zero-order valence-corrected chi connectivity index (χ0v) is 10.4. The van der Waals surface area contributed by atoms with Crippen molar-refractivity contribution in [3.05, 3.63) is 29.6 Å². The minimum atomic E-state index is -1.37. The number of amides is 1. The van der Waals surface area contributed by atoms with E-state index in [1.807, 2.05) is 0 Å². The Morgan fingerprint density at radius 2 is 2.11 bits per heavy atom. The summed E-state index contributed by atoms with van der Waals surface area (Å²) in [4.78, 5) is 11.6. The molecule has 1 rings (SSSR count). The van der Waals surface area contributed by atoms with Crippen molar-refractivity contribution in [2.24, 2.45) is 5.73 Å². The van der Waals surface area contributed by atoms with Gasteiger partial charge >= 0.3 is 0 Å². The van der Waals surface area contributed by atoms with Crippen LogP contribution in [0, 0.1) is 17.5 Å². The van der Waals surface area contributed by atoms with Gasteiger partial charge in [-0.05, 0) is 12.8 Å². The minimum absolute atomic E-state index is 0.319. The number of hydrogen-bond acceptors (Lipinski definition) is 3. The Bertz CT molecular complexity index is 455. The summed E-state index contributed by atoms with van der Waals surface area (Å²) in [6.45, 7) is 0.434. The molecule has 106 valence electrons. The van der Waals surface area contributed by atoms with Crippen molar-refractivity contribution in [1.82, 2.24) is 0 Å². The van der Waals surface area contributed by atoms with Crippen LogP contribution in [0.5, 0.6) is 0 Å². The van der Waals surface area contributed by atoms with Gasteiger partial charge in [0.05, 0.1) is 11.7 Å². The summed E-state index contributed by atoms with van der Waals surface area (Å²) in [7, 11) is 1.51. The van der Waals surface area contributed by atoms with Crippen molar-refractivity contribution in [1.29, 1.82) is 0 Å². The van der Waals surface area contributed by atoms with E-state index >= 15 is 0 Å². The fourth-order valence-corrected chi connectivity index (χ4v) is 1.45. The SMILES string of the molecule is COCCCC(N)C(=O)Nc1cc(F)cc(F)c1F. The van der Waals surface area contributed by atoms with Crippen LogP contribution in [0.3, 0.4) is 0 Å². The molecule has 0 aliphatic carbocycles. The number of nitrogens with two attached hydrogens (primary N) is 1. The molecule has 1 unspecified atom stereocenters. The molecule has 3 N–H and O–H groups in total. The summed E-state index contributed by atoms with van der Waals surface area (Å²) in [5, 5.41) is 2.06. The molecular formula is C12H15F3N2O2. The third-order valence-corrected chi connectivity index (χ3v) is 2.45. The number of benzene rings is 1. The van der Waals surface area contributed by atoms with Gasteiger partial charge < -0.3 is 15.8 Å². The highest BCUT2D eigenvalue weighted by Crippen LogP contribution is 2.19. The fraction of sp³-hybridized carbons (Fsp3) is 0.417. The van der Waals surface area contributed by atoms with Gasteiger partial charge in [-0.1, -0.05) is 0 Å². The minimum Gasteiger partial charge on any atom is -0.385 e. The Morgan fingerprint density at radius 3 is 2.74 bits per heavy atom. The summed E-state index contributed by atoms with van der Waals surface area (Å²) in [5.41, 5.74) is 4.99. The summed E-state index contributed by atoms with van der Waals surface area (Å²) in [6.07, 6.45) is 0.865. The second-order valence-electron chi connectivity index (χ2n) is 3.98. The van der Waals surface area contributed by atoms with Crippen LogP contribution in [0.1, 0.15) is 12.8 Å². The Kier molecular flexibility index (Phi) is 5.78. The molecule has 0 heterocycles. The second kappa shape index (κ2) is 7.10. The van der Waals surface area contributed by atoms with Crippen LogP contribution in [0.4, 0.5) is 18.9 Å². The van der Waals surface area contributed by atoms with E-state index in [1.54, 1.807) is 0 Å². The smallest absolute Gasteiger partial charge is 0.241 e. The lowest BCUT2D eigenvalue weighted by Gasteiger charge is -2.12. The summed E-state index contributed by atoms with van der Waals surface area (Å²) >= 11 is 0. The van der Waals surface area contributed by atoms with Crippen LogP contribution in [0.25, 0.3) is 0 Å². The third kappa shape index (κ3) is 4.53. The van der Waals surface area contributed by atoms with Crippen molar-refractivity contribution in [3.8, 4) is 0 Å². The van der Waals surface area contributed by atoms with E-state index in [9.17, 15) is 18.0 Å². The fourth-order valence-electron chi connectivity index (χ4n) is 1.45. The van der Waals surface area contributed by atoms with Crippen molar-refractivity contribution in [2.45, 2.75) is 18.9 Å². The number of carbonyl (C=O) groups is 1. The zero-order chi connectivity index (χ0) is 14.4. The first-order valence-corrected chi connectivity index (χ1v) is 5.65. The molecule has 19 heavy (non-hydrogen) atoms. The lowest BCUT2D eigenvalue weighted by atomic mass is 10.1. The number of halogens is 3. The zero-order valence-electron chi connectivity index (χ0n) is 10.4.